The third-order valence-electron chi connectivity index (χ3n) is 10.4. The Kier molecular flexibility index (Phi) is 7.56. The number of allylic oxidation sites excluding steroid dienone is 1. The van der Waals surface area contributed by atoms with Crippen LogP contribution in [0.25, 0.3) is 0 Å². The summed E-state index contributed by atoms with van der Waals surface area (Å²) in [5, 5.41) is 0. The molecule has 1 aromatic rings. The number of hydrogen-bond donors (Lipinski definition) is 1. The third-order valence-corrected chi connectivity index (χ3v) is 10.4. The molecule has 0 heterocycles. The van der Waals surface area contributed by atoms with Gasteiger partial charge in [0.1, 0.15) is 17.9 Å². The van der Waals surface area contributed by atoms with E-state index < -0.39 is 6.04 Å². The van der Waals surface area contributed by atoms with Crippen molar-refractivity contribution in [3.05, 3.63) is 47.5 Å². The molecule has 0 radical (unpaired) electrons. The van der Waals surface area contributed by atoms with Gasteiger partial charge in [-0.3, -0.25) is 9.59 Å². The minimum Gasteiger partial charge on any atom is -0.457 e. The summed E-state index contributed by atoms with van der Waals surface area (Å²) >= 11 is 0. The van der Waals surface area contributed by atoms with E-state index in [4.69, 9.17) is 10.5 Å². The van der Waals surface area contributed by atoms with Crippen LogP contribution in [0.5, 0.6) is 0 Å². The smallest absolute Gasteiger partial charge is 0.323 e. The van der Waals surface area contributed by atoms with Crippen LogP contribution in [0.4, 0.5) is 0 Å². The zero-order valence-corrected chi connectivity index (χ0v) is 22.3. The Hall–Kier alpha value is -1.65. The van der Waals surface area contributed by atoms with Gasteiger partial charge in [0.05, 0.1) is 0 Å². The number of rotatable bonds is 5. The predicted molar refractivity (Wildman–Crippen MR) is 141 cm³/mol. The number of ether oxygens (including phenoxy) is 1. The lowest BCUT2D eigenvalue weighted by Crippen LogP contribution is -2.51. The highest BCUT2D eigenvalue weighted by Gasteiger charge is 2.59. The Morgan fingerprint density at radius 2 is 1.77 bits per heavy atom. The quantitative estimate of drug-likeness (QED) is 0.395. The lowest BCUT2D eigenvalue weighted by Gasteiger charge is -2.58. The van der Waals surface area contributed by atoms with Gasteiger partial charge < -0.3 is 10.5 Å². The van der Waals surface area contributed by atoms with E-state index in [1.54, 1.807) is 0 Å². The Morgan fingerprint density at radius 1 is 1.03 bits per heavy atom. The molecule has 0 unspecified atom stereocenters. The normalized spacial score (nSPS) is 38.6. The van der Waals surface area contributed by atoms with Crippen molar-refractivity contribution >= 4 is 24.2 Å². The van der Waals surface area contributed by atoms with Gasteiger partial charge in [-0.1, -0.05) is 49.8 Å². The van der Waals surface area contributed by atoms with Crippen molar-refractivity contribution in [1.82, 2.24) is 0 Å². The van der Waals surface area contributed by atoms with Crippen LogP contribution in [-0.4, -0.2) is 23.9 Å². The van der Waals surface area contributed by atoms with Crippen molar-refractivity contribution in [3.63, 3.8) is 0 Å². The topological polar surface area (TPSA) is 69.4 Å². The van der Waals surface area contributed by atoms with Crippen LogP contribution in [0, 0.1) is 34.5 Å². The molecule has 5 rings (SSSR count). The zero-order chi connectivity index (χ0) is 24.1. The number of halogens is 1. The van der Waals surface area contributed by atoms with Crippen molar-refractivity contribution in [1.29, 1.82) is 0 Å². The summed E-state index contributed by atoms with van der Waals surface area (Å²) in [5.74, 6) is 2.47. The fraction of sp³-hybridized carbons (Fsp3) is 0.667. The summed E-state index contributed by atoms with van der Waals surface area (Å²) in [6.07, 6.45) is 11.6. The molecule has 4 aliphatic rings. The van der Waals surface area contributed by atoms with E-state index in [9.17, 15) is 9.59 Å². The number of hydrogen-bond acceptors (Lipinski definition) is 4. The minimum absolute atomic E-state index is 0. The molecule has 3 saturated carbocycles. The van der Waals surface area contributed by atoms with Crippen LogP contribution in [0.15, 0.2) is 42.0 Å². The molecule has 0 aliphatic heterocycles. The summed E-state index contributed by atoms with van der Waals surface area (Å²) in [6.45, 7) is 6.69. The van der Waals surface area contributed by atoms with Gasteiger partial charge in [0.25, 0.3) is 0 Å². The maximum absolute atomic E-state index is 12.7. The molecule has 3 fully saturated rings. The average molecular weight is 500 g/mol. The number of carbonyl (C=O) groups excluding carboxylic acids is 2. The Labute approximate surface area is 216 Å². The van der Waals surface area contributed by atoms with Gasteiger partial charge in [0.15, 0.2) is 0 Å². The second kappa shape index (κ2) is 10.0. The van der Waals surface area contributed by atoms with E-state index in [1.807, 2.05) is 37.3 Å². The fourth-order valence-electron chi connectivity index (χ4n) is 8.65. The largest absolute Gasteiger partial charge is 0.457 e. The van der Waals surface area contributed by atoms with Crippen LogP contribution in [0.2, 0.25) is 0 Å². The zero-order valence-electron chi connectivity index (χ0n) is 21.5. The predicted octanol–water partition coefficient (Wildman–Crippen LogP) is 6.06. The van der Waals surface area contributed by atoms with E-state index >= 15 is 0 Å². The number of fused-ring (bicyclic) bond motifs is 5. The molecule has 0 bridgehead atoms. The van der Waals surface area contributed by atoms with Crippen molar-refractivity contribution in [2.45, 2.75) is 90.7 Å². The molecule has 35 heavy (non-hydrogen) atoms. The number of nitrogens with two attached hydrogens (primary N) is 1. The van der Waals surface area contributed by atoms with E-state index in [0.717, 1.165) is 37.2 Å². The summed E-state index contributed by atoms with van der Waals surface area (Å²) < 4.78 is 5.90. The molecular weight excluding hydrogens is 458 g/mol. The van der Waals surface area contributed by atoms with Crippen molar-refractivity contribution < 1.29 is 14.3 Å². The van der Waals surface area contributed by atoms with Gasteiger partial charge in [0, 0.05) is 5.92 Å². The Bertz CT molecular complexity index is 977. The highest BCUT2D eigenvalue weighted by Crippen LogP contribution is 2.66. The maximum Gasteiger partial charge on any atom is 0.323 e. The van der Waals surface area contributed by atoms with Crippen molar-refractivity contribution in [2.75, 3.05) is 0 Å². The Morgan fingerprint density at radius 3 is 2.49 bits per heavy atom. The minimum atomic E-state index is -0.627. The first-order chi connectivity index (χ1) is 16.2. The summed E-state index contributed by atoms with van der Waals surface area (Å²) in [6, 6.07) is 9.27. The molecule has 0 saturated heterocycles. The second-order valence-electron chi connectivity index (χ2n) is 12.1. The van der Waals surface area contributed by atoms with Gasteiger partial charge >= 0.3 is 5.97 Å². The van der Waals surface area contributed by atoms with E-state index in [1.165, 1.54) is 31.3 Å². The Balaban J connectivity index is 0.00000289. The van der Waals surface area contributed by atoms with Crippen LogP contribution in [0.1, 0.15) is 77.7 Å². The molecule has 2 N–H and O–H groups in total. The molecule has 4 nitrogen and oxygen atoms in total. The van der Waals surface area contributed by atoms with Crippen LogP contribution in [-0.2, 0) is 20.7 Å². The third kappa shape index (κ3) is 4.62. The van der Waals surface area contributed by atoms with Gasteiger partial charge in [-0.05, 0) is 105 Å². The van der Waals surface area contributed by atoms with E-state index in [-0.39, 0.29) is 41.2 Å². The van der Waals surface area contributed by atoms with E-state index in [2.05, 4.69) is 19.9 Å². The average Bonchev–Trinajstić information content (AvgIpc) is 3.17. The van der Waals surface area contributed by atoms with Crippen molar-refractivity contribution in [2.24, 2.45) is 40.2 Å². The summed E-state index contributed by atoms with van der Waals surface area (Å²) in [7, 11) is 0. The van der Waals surface area contributed by atoms with Gasteiger partial charge in [-0.2, -0.15) is 0 Å². The molecule has 0 spiro atoms. The maximum atomic E-state index is 12.7. The number of ketones is 1. The molecule has 0 aromatic heterocycles. The SMILES string of the molecule is CC(=O)[C@H]1CC[C@H]2[C@@H]3CCC4=C[C@@H](OC(=O)[C@@H](N)Cc5ccccc5)CC[C@]4(C)[C@H]3CC[C@]12C.Cl. The molecule has 192 valence electrons. The highest BCUT2D eigenvalue weighted by molar-refractivity contribution is 5.85. The summed E-state index contributed by atoms with van der Waals surface area (Å²) in [4.78, 5) is 25.1. The second-order valence-corrected chi connectivity index (χ2v) is 12.1. The monoisotopic (exact) mass is 499 g/mol. The first kappa shape index (κ1) is 26.4. The lowest BCUT2D eigenvalue weighted by atomic mass is 9.46. The first-order valence-corrected chi connectivity index (χ1v) is 13.4. The number of benzene rings is 1. The lowest BCUT2D eigenvalue weighted by molar-refractivity contribution is -0.150. The van der Waals surface area contributed by atoms with Gasteiger partial charge in [-0.25, -0.2) is 0 Å². The van der Waals surface area contributed by atoms with Crippen molar-refractivity contribution in [3.8, 4) is 0 Å². The van der Waals surface area contributed by atoms with Crippen LogP contribution >= 0.6 is 12.4 Å². The molecule has 1 aromatic carbocycles. The number of Topliss-reactive ketones (excluding diaryl/α,β-unsaturated/α-hetero) is 1. The molecule has 4 aliphatic carbocycles. The standard InChI is InChI=1S/C30H41NO3.ClH/c1-19(32)24-11-12-25-23-10-9-21-18-22(13-15-29(21,2)26(23)14-16-30(24,25)3)34-28(33)27(31)17-20-7-5-4-6-8-20;/h4-8,18,22-27H,9-17,31H2,1-3H3;1H/t22-,23-,24+,25-,26-,27-,29-,30+;/m0./s1. The molecular formula is C30H42ClNO3. The van der Waals surface area contributed by atoms with Gasteiger partial charge in [-0.15, -0.1) is 12.4 Å². The van der Waals surface area contributed by atoms with Crippen LogP contribution < -0.4 is 5.73 Å². The summed E-state index contributed by atoms with van der Waals surface area (Å²) in [5.41, 5.74) is 9.15. The fourth-order valence-corrected chi connectivity index (χ4v) is 8.65. The van der Waals surface area contributed by atoms with Crippen LogP contribution in [0.3, 0.4) is 0 Å². The van der Waals surface area contributed by atoms with Gasteiger partial charge in [0.2, 0.25) is 0 Å². The highest BCUT2D eigenvalue weighted by atomic mass is 35.5. The molecule has 0 amide bonds. The number of carbonyl (C=O) groups is 2. The molecule has 8 atom stereocenters. The first-order valence-electron chi connectivity index (χ1n) is 13.4. The molecule has 5 heteroatoms. The number of esters is 1. The van der Waals surface area contributed by atoms with E-state index in [0.29, 0.717) is 24.0 Å².